The van der Waals surface area contributed by atoms with Crippen molar-refractivity contribution >= 4 is 5.91 Å². The lowest BCUT2D eigenvalue weighted by Crippen LogP contribution is -2.50. The number of hydrogen-bond donors (Lipinski definition) is 1. The van der Waals surface area contributed by atoms with Crippen molar-refractivity contribution in [1.29, 1.82) is 0 Å². The van der Waals surface area contributed by atoms with Crippen LogP contribution >= 0.6 is 0 Å². The quantitative estimate of drug-likeness (QED) is 0.805. The highest BCUT2D eigenvalue weighted by Gasteiger charge is 2.41. The number of nitrogens with one attached hydrogen (secondary N) is 1. The van der Waals surface area contributed by atoms with Gasteiger partial charge in [0.25, 0.3) is 0 Å². The molecule has 1 unspecified atom stereocenters. The molecule has 1 amide bonds. The van der Waals surface area contributed by atoms with Crippen molar-refractivity contribution in [3.8, 4) is 0 Å². The first-order chi connectivity index (χ1) is 8.77. The van der Waals surface area contributed by atoms with Crippen LogP contribution in [0, 0.1) is 0 Å². The second kappa shape index (κ2) is 5.17. The van der Waals surface area contributed by atoms with E-state index in [4.69, 9.17) is 4.74 Å². The second-order valence-corrected chi connectivity index (χ2v) is 6.04. The van der Waals surface area contributed by atoms with Gasteiger partial charge in [-0.25, -0.2) is 0 Å². The van der Waals surface area contributed by atoms with Gasteiger partial charge in [0.2, 0.25) is 5.91 Å². The van der Waals surface area contributed by atoms with Gasteiger partial charge in [0.1, 0.15) is 0 Å². The molecular formula is C14H24N2O2. The third-order valence-electron chi connectivity index (χ3n) is 4.71. The lowest BCUT2D eigenvalue weighted by atomic mass is 9.83. The average molecular weight is 252 g/mol. The van der Waals surface area contributed by atoms with Crippen molar-refractivity contribution in [3.63, 3.8) is 0 Å². The first kappa shape index (κ1) is 12.4. The molecule has 3 rings (SSSR count). The summed E-state index contributed by atoms with van der Waals surface area (Å²) in [5.41, 5.74) is 0.181. The molecule has 1 atom stereocenters. The molecule has 4 nitrogen and oxygen atoms in total. The van der Waals surface area contributed by atoms with E-state index in [1.54, 1.807) is 0 Å². The molecule has 0 radical (unpaired) electrons. The fourth-order valence-corrected chi connectivity index (χ4v) is 3.67. The molecule has 1 saturated carbocycles. The van der Waals surface area contributed by atoms with Crippen LogP contribution in [-0.2, 0) is 9.53 Å². The maximum absolute atomic E-state index is 11.8. The van der Waals surface area contributed by atoms with Gasteiger partial charge in [0.05, 0.1) is 18.2 Å². The van der Waals surface area contributed by atoms with Gasteiger partial charge in [-0.2, -0.15) is 0 Å². The third kappa shape index (κ3) is 2.54. The molecule has 2 saturated heterocycles. The molecule has 0 bridgehead atoms. The Morgan fingerprint density at radius 2 is 2.11 bits per heavy atom. The minimum Gasteiger partial charge on any atom is -0.370 e. The maximum Gasteiger partial charge on any atom is 0.236 e. The standard InChI is InChI=1S/C14H24N2O2/c17-13-10-15-8-9-16(13)11-12-4-7-14(18-12)5-2-1-3-6-14/h12,15H,1-11H2. The van der Waals surface area contributed by atoms with Crippen molar-refractivity contribution < 1.29 is 9.53 Å². The number of amides is 1. The molecule has 2 heterocycles. The molecule has 102 valence electrons. The van der Waals surface area contributed by atoms with Crippen molar-refractivity contribution in [3.05, 3.63) is 0 Å². The number of rotatable bonds is 2. The Labute approximate surface area is 109 Å². The molecule has 4 heteroatoms. The number of hydrogen-bond acceptors (Lipinski definition) is 3. The summed E-state index contributed by atoms with van der Waals surface area (Å²) in [5, 5.41) is 3.11. The number of piperazine rings is 1. The van der Waals surface area contributed by atoms with Gasteiger partial charge >= 0.3 is 0 Å². The van der Waals surface area contributed by atoms with Crippen LogP contribution in [0.5, 0.6) is 0 Å². The van der Waals surface area contributed by atoms with Crippen molar-refractivity contribution in [2.24, 2.45) is 0 Å². The van der Waals surface area contributed by atoms with E-state index in [-0.39, 0.29) is 17.6 Å². The van der Waals surface area contributed by atoms with Crippen LogP contribution in [-0.4, -0.2) is 48.7 Å². The fraction of sp³-hybridized carbons (Fsp3) is 0.929. The zero-order valence-electron chi connectivity index (χ0n) is 11.1. The average Bonchev–Trinajstić information content (AvgIpc) is 2.76. The summed E-state index contributed by atoms with van der Waals surface area (Å²) < 4.78 is 6.33. The molecule has 2 aliphatic heterocycles. The van der Waals surface area contributed by atoms with Crippen molar-refractivity contribution in [2.45, 2.75) is 56.7 Å². The van der Waals surface area contributed by atoms with Crippen molar-refractivity contribution in [2.75, 3.05) is 26.2 Å². The van der Waals surface area contributed by atoms with Gasteiger partial charge in [-0.3, -0.25) is 4.79 Å². The van der Waals surface area contributed by atoms with E-state index in [1.807, 2.05) is 4.90 Å². The van der Waals surface area contributed by atoms with Gasteiger partial charge in [0, 0.05) is 19.6 Å². The van der Waals surface area contributed by atoms with Crippen LogP contribution in [0.1, 0.15) is 44.9 Å². The highest BCUT2D eigenvalue weighted by molar-refractivity contribution is 5.79. The Bertz CT molecular complexity index is 313. The topological polar surface area (TPSA) is 41.6 Å². The van der Waals surface area contributed by atoms with Crippen molar-refractivity contribution in [1.82, 2.24) is 10.2 Å². The lowest BCUT2D eigenvalue weighted by Gasteiger charge is -2.35. The lowest BCUT2D eigenvalue weighted by molar-refractivity contribution is -0.135. The van der Waals surface area contributed by atoms with Crippen LogP contribution in [0.4, 0.5) is 0 Å². The molecule has 3 aliphatic rings. The van der Waals surface area contributed by atoms with Crippen LogP contribution in [0.3, 0.4) is 0 Å². The fourth-order valence-electron chi connectivity index (χ4n) is 3.67. The van der Waals surface area contributed by atoms with E-state index in [0.29, 0.717) is 6.54 Å². The molecule has 0 aromatic carbocycles. The first-order valence-corrected chi connectivity index (χ1v) is 7.44. The summed E-state index contributed by atoms with van der Waals surface area (Å²) in [6.45, 7) is 3.06. The molecule has 3 fully saturated rings. The van der Waals surface area contributed by atoms with Crippen LogP contribution in [0.2, 0.25) is 0 Å². The molecule has 1 N–H and O–H groups in total. The van der Waals surface area contributed by atoms with E-state index in [9.17, 15) is 4.79 Å². The normalized spacial score (nSPS) is 32.1. The predicted molar refractivity (Wildman–Crippen MR) is 69.4 cm³/mol. The minimum absolute atomic E-state index is 0.181. The summed E-state index contributed by atoms with van der Waals surface area (Å²) in [4.78, 5) is 13.7. The van der Waals surface area contributed by atoms with Gasteiger partial charge < -0.3 is 15.0 Å². The highest BCUT2D eigenvalue weighted by atomic mass is 16.5. The SMILES string of the molecule is O=C1CNCCN1CC1CCC2(CCCCC2)O1. The van der Waals surface area contributed by atoms with E-state index in [0.717, 1.165) is 26.1 Å². The van der Waals surface area contributed by atoms with E-state index < -0.39 is 0 Å². The summed E-state index contributed by atoms with van der Waals surface area (Å²) in [5.74, 6) is 0.231. The molecule has 1 aliphatic carbocycles. The molecule has 0 aromatic heterocycles. The van der Waals surface area contributed by atoms with Crippen LogP contribution in [0.25, 0.3) is 0 Å². The molecular weight excluding hydrogens is 228 g/mol. The smallest absolute Gasteiger partial charge is 0.236 e. The summed E-state index contributed by atoms with van der Waals surface area (Å²) in [6.07, 6.45) is 9.10. The monoisotopic (exact) mass is 252 g/mol. The molecule has 1 spiro atoms. The Morgan fingerprint density at radius 1 is 1.28 bits per heavy atom. The second-order valence-electron chi connectivity index (χ2n) is 6.04. The van der Waals surface area contributed by atoms with Gasteiger partial charge in [-0.05, 0) is 25.7 Å². The van der Waals surface area contributed by atoms with E-state index in [2.05, 4.69) is 5.32 Å². The Morgan fingerprint density at radius 3 is 2.89 bits per heavy atom. The number of carbonyl (C=O) groups is 1. The minimum atomic E-state index is 0.181. The number of carbonyl (C=O) groups excluding carboxylic acids is 1. The molecule has 0 aromatic rings. The Hall–Kier alpha value is -0.610. The third-order valence-corrected chi connectivity index (χ3v) is 4.71. The predicted octanol–water partition coefficient (Wildman–Crippen LogP) is 1.30. The summed E-state index contributed by atoms with van der Waals surface area (Å²) in [6, 6.07) is 0. The maximum atomic E-state index is 11.8. The zero-order valence-corrected chi connectivity index (χ0v) is 11.1. The number of nitrogens with zero attached hydrogens (tertiary/aromatic N) is 1. The highest BCUT2D eigenvalue weighted by Crippen LogP contribution is 2.41. The van der Waals surface area contributed by atoms with Gasteiger partial charge in [-0.15, -0.1) is 0 Å². The van der Waals surface area contributed by atoms with E-state index in [1.165, 1.54) is 38.5 Å². The van der Waals surface area contributed by atoms with Crippen LogP contribution in [0.15, 0.2) is 0 Å². The zero-order chi connectivity index (χ0) is 12.4. The summed E-state index contributed by atoms with van der Waals surface area (Å²) in [7, 11) is 0. The number of ether oxygens (including phenoxy) is 1. The Kier molecular flexibility index (Phi) is 3.57. The molecule has 18 heavy (non-hydrogen) atoms. The van der Waals surface area contributed by atoms with Gasteiger partial charge in [-0.1, -0.05) is 19.3 Å². The Balaban J connectivity index is 1.53. The summed E-state index contributed by atoms with van der Waals surface area (Å²) >= 11 is 0. The first-order valence-electron chi connectivity index (χ1n) is 7.44. The largest absolute Gasteiger partial charge is 0.370 e. The van der Waals surface area contributed by atoms with E-state index >= 15 is 0 Å². The van der Waals surface area contributed by atoms with Crippen LogP contribution < -0.4 is 5.32 Å². The van der Waals surface area contributed by atoms with Gasteiger partial charge in [0.15, 0.2) is 0 Å².